The smallest absolute Gasteiger partial charge is 0.235 e. The zero-order chi connectivity index (χ0) is 15.3. The van der Waals surface area contributed by atoms with Gasteiger partial charge in [0, 0.05) is 11.9 Å². The third kappa shape index (κ3) is 4.58. The van der Waals surface area contributed by atoms with Crippen molar-refractivity contribution in [3.63, 3.8) is 0 Å². The molecule has 1 N–H and O–H groups in total. The van der Waals surface area contributed by atoms with Gasteiger partial charge in [0.05, 0.1) is 23.3 Å². The molecule has 0 radical (unpaired) electrons. The van der Waals surface area contributed by atoms with E-state index in [4.69, 9.17) is 0 Å². The summed E-state index contributed by atoms with van der Waals surface area (Å²) in [7, 11) is 1.87. The summed E-state index contributed by atoms with van der Waals surface area (Å²) in [4.78, 5) is 18.3. The maximum Gasteiger partial charge on any atom is 0.235 e. The molecule has 1 aromatic rings. The van der Waals surface area contributed by atoms with E-state index >= 15 is 0 Å². The Kier molecular flexibility index (Phi) is 5.66. The second-order valence-electron chi connectivity index (χ2n) is 5.55. The number of carbonyl (C=O) groups excluding carboxylic acids is 1. The van der Waals surface area contributed by atoms with Gasteiger partial charge in [0.15, 0.2) is 0 Å². The molecular weight excluding hydrogens is 272 g/mol. The van der Waals surface area contributed by atoms with Crippen LogP contribution in [0.4, 0.5) is 0 Å². The van der Waals surface area contributed by atoms with E-state index in [1.165, 1.54) is 0 Å². The van der Waals surface area contributed by atoms with E-state index in [-0.39, 0.29) is 18.4 Å². The molecule has 1 amide bonds. The monoisotopic (exact) mass is 294 g/mol. The van der Waals surface area contributed by atoms with Crippen molar-refractivity contribution in [1.29, 1.82) is 5.26 Å². The SMILES string of the molecule is Cc1nc(CN(C)CC(=O)NC(C)(C#N)C(C)C)cs1. The molecule has 0 aliphatic rings. The molecule has 110 valence electrons. The van der Waals surface area contributed by atoms with Crippen LogP contribution in [0.5, 0.6) is 0 Å². The molecule has 20 heavy (non-hydrogen) atoms. The largest absolute Gasteiger partial charge is 0.337 e. The Hall–Kier alpha value is -1.45. The summed E-state index contributed by atoms with van der Waals surface area (Å²) in [5.41, 5.74) is 0.143. The van der Waals surface area contributed by atoms with E-state index < -0.39 is 5.54 Å². The minimum Gasteiger partial charge on any atom is -0.337 e. The molecule has 1 atom stereocenters. The van der Waals surface area contributed by atoms with Crippen molar-refractivity contribution < 1.29 is 4.79 Å². The number of amides is 1. The first-order chi connectivity index (χ1) is 9.26. The molecule has 1 unspecified atom stereocenters. The van der Waals surface area contributed by atoms with Gasteiger partial charge in [-0.25, -0.2) is 4.98 Å². The van der Waals surface area contributed by atoms with Crippen molar-refractivity contribution in [2.75, 3.05) is 13.6 Å². The highest BCUT2D eigenvalue weighted by molar-refractivity contribution is 7.09. The Balaban J connectivity index is 2.52. The molecule has 5 nitrogen and oxygen atoms in total. The fourth-order valence-electron chi connectivity index (χ4n) is 1.69. The van der Waals surface area contributed by atoms with Gasteiger partial charge in [0.25, 0.3) is 0 Å². The number of nitriles is 1. The highest BCUT2D eigenvalue weighted by atomic mass is 32.1. The average Bonchev–Trinajstić information content (AvgIpc) is 2.73. The molecule has 0 spiro atoms. The number of carbonyl (C=O) groups is 1. The highest BCUT2D eigenvalue weighted by Gasteiger charge is 2.30. The van der Waals surface area contributed by atoms with Crippen molar-refractivity contribution in [3.05, 3.63) is 16.1 Å². The molecule has 0 aliphatic heterocycles. The van der Waals surface area contributed by atoms with Gasteiger partial charge in [-0.05, 0) is 26.8 Å². The Bertz CT molecular complexity index is 506. The van der Waals surface area contributed by atoms with Crippen LogP contribution in [-0.4, -0.2) is 34.9 Å². The summed E-state index contributed by atoms with van der Waals surface area (Å²) in [5, 5.41) is 15.0. The molecule has 0 aromatic carbocycles. The third-order valence-corrected chi connectivity index (χ3v) is 4.12. The van der Waals surface area contributed by atoms with Crippen LogP contribution in [0.1, 0.15) is 31.5 Å². The summed E-state index contributed by atoms with van der Waals surface area (Å²) < 4.78 is 0. The molecule has 0 fully saturated rings. The zero-order valence-corrected chi connectivity index (χ0v) is 13.5. The minimum atomic E-state index is -0.824. The van der Waals surface area contributed by atoms with E-state index in [1.807, 2.05) is 38.1 Å². The van der Waals surface area contributed by atoms with Gasteiger partial charge >= 0.3 is 0 Å². The first-order valence-electron chi connectivity index (χ1n) is 6.58. The number of hydrogen-bond acceptors (Lipinski definition) is 5. The molecular formula is C14H22N4OS. The van der Waals surface area contributed by atoms with E-state index in [1.54, 1.807) is 18.3 Å². The van der Waals surface area contributed by atoms with Gasteiger partial charge in [0.1, 0.15) is 5.54 Å². The van der Waals surface area contributed by atoms with Crippen LogP contribution in [0.3, 0.4) is 0 Å². The van der Waals surface area contributed by atoms with E-state index in [0.717, 1.165) is 10.7 Å². The minimum absolute atomic E-state index is 0.0583. The molecule has 1 heterocycles. The number of aryl methyl sites for hydroxylation is 1. The van der Waals surface area contributed by atoms with Crippen molar-refractivity contribution in [2.45, 2.75) is 39.8 Å². The number of likely N-dealkylation sites (N-methyl/N-ethyl adjacent to an activating group) is 1. The van der Waals surface area contributed by atoms with Crippen LogP contribution in [0.15, 0.2) is 5.38 Å². The first-order valence-corrected chi connectivity index (χ1v) is 7.46. The summed E-state index contributed by atoms with van der Waals surface area (Å²) in [6.45, 7) is 8.43. The van der Waals surface area contributed by atoms with Crippen LogP contribution in [0.25, 0.3) is 0 Å². The van der Waals surface area contributed by atoms with E-state index in [2.05, 4.69) is 16.4 Å². The lowest BCUT2D eigenvalue weighted by Gasteiger charge is -2.28. The fraction of sp³-hybridized carbons (Fsp3) is 0.643. The van der Waals surface area contributed by atoms with Crippen molar-refractivity contribution in [1.82, 2.24) is 15.2 Å². The molecule has 0 bridgehead atoms. The Morgan fingerprint density at radius 3 is 2.75 bits per heavy atom. The first kappa shape index (κ1) is 16.6. The number of rotatable bonds is 6. The summed E-state index contributed by atoms with van der Waals surface area (Å²) in [6.07, 6.45) is 0. The second kappa shape index (κ2) is 6.82. The third-order valence-electron chi connectivity index (χ3n) is 3.30. The summed E-state index contributed by atoms with van der Waals surface area (Å²) in [6, 6.07) is 2.17. The molecule has 0 saturated carbocycles. The molecule has 6 heteroatoms. The van der Waals surface area contributed by atoms with Gasteiger partial charge in [0.2, 0.25) is 5.91 Å². The lowest BCUT2D eigenvalue weighted by molar-refractivity contribution is -0.123. The number of nitrogens with zero attached hydrogens (tertiary/aromatic N) is 3. The second-order valence-corrected chi connectivity index (χ2v) is 6.61. The quantitative estimate of drug-likeness (QED) is 0.870. The molecule has 1 aromatic heterocycles. The Morgan fingerprint density at radius 2 is 2.30 bits per heavy atom. The van der Waals surface area contributed by atoms with Gasteiger partial charge in [-0.1, -0.05) is 13.8 Å². The average molecular weight is 294 g/mol. The number of nitrogens with one attached hydrogen (secondary N) is 1. The standard InChI is InChI=1S/C14H22N4OS/c1-10(2)14(4,9-15)17-13(19)7-18(5)6-12-8-20-11(3)16-12/h8,10H,6-7H2,1-5H3,(H,17,19). The Morgan fingerprint density at radius 1 is 1.65 bits per heavy atom. The number of thiazole rings is 1. The van der Waals surface area contributed by atoms with Crippen molar-refractivity contribution in [3.8, 4) is 6.07 Å². The van der Waals surface area contributed by atoms with Gasteiger partial charge in [-0.2, -0.15) is 5.26 Å². The highest BCUT2D eigenvalue weighted by Crippen LogP contribution is 2.15. The lowest BCUT2D eigenvalue weighted by atomic mass is 9.90. The fourth-order valence-corrected chi connectivity index (χ4v) is 2.29. The summed E-state index contributed by atoms with van der Waals surface area (Å²) in [5.74, 6) is -0.0832. The predicted octanol–water partition coefficient (Wildman–Crippen LogP) is 1.94. The van der Waals surface area contributed by atoms with Crippen LogP contribution < -0.4 is 5.32 Å². The van der Waals surface area contributed by atoms with E-state index in [9.17, 15) is 10.1 Å². The van der Waals surface area contributed by atoms with Crippen LogP contribution in [0, 0.1) is 24.2 Å². The lowest BCUT2D eigenvalue weighted by Crippen LogP contribution is -2.51. The number of hydrogen-bond donors (Lipinski definition) is 1. The van der Waals surface area contributed by atoms with E-state index in [0.29, 0.717) is 6.54 Å². The van der Waals surface area contributed by atoms with Gasteiger partial charge < -0.3 is 5.32 Å². The Labute approximate surface area is 124 Å². The predicted molar refractivity (Wildman–Crippen MR) is 80.2 cm³/mol. The van der Waals surface area contributed by atoms with Crippen LogP contribution in [0.2, 0.25) is 0 Å². The maximum atomic E-state index is 12.0. The van der Waals surface area contributed by atoms with Gasteiger partial charge in [-0.15, -0.1) is 11.3 Å². The molecule has 0 aliphatic carbocycles. The van der Waals surface area contributed by atoms with Crippen LogP contribution >= 0.6 is 11.3 Å². The van der Waals surface area contributed by atoms with Crippen molar-refractivity contribution in [2.24, 2.45) is 5.92 Å². The maximum absolute atomic E-state index is 12.0. The van der Waals surface area contributed by atoms with Crippen molar-refractivity contribution >= 4 is 17.2 Å². The zero-order valence-electron chi connectivity index (χ0n) is 12.7. The summed E-state index contributed by atoms with van der Waals surface area (Å²) >= 11 is 1.60. The normalized spacial score (nSPS) is 14.1. The van der Waals surface area contributed by atoms with Gasteiger partial charge in [-0.3, -0.25) is 9.69 Å². The van der Waals surface area contributed by atoms with Crippen LogP contribution in [-0.2, 0) is 11.3 Å². The topological polar surface area (TPSA) is 69.0 Å². The molecule has 0 saturated heterocycles. The molecule has 1 rings (SSSR count). The number of aromatic nitrogens is 1.